The van der Waals surface area contributed by atoms with Crippen molar-refractivity contribution in [3.63, 3.8) is 0 Å². The van der Waals surface area contributed by atoms with E-state index in [-0.39, 0.29) is 6.10 Å². The van der Waals surface area contributed by atoms with Crippen molar-refractivity contribution in [1.29, 1.82) is 0 Å². The highest BCUT2D eigenvalue weighted by molar-refractivity contribution is 5.17. The zero-order chi connectivity index (χ0) is 15.4. The second-order valence-electron chi connectivity index (χ2n) is 7.18. The van der Waals surface area contributed by atoms with Crippen LogP contribution in [0.2, 0.25) is 0 Å². The van der Waals surface area contributed by atoms with Crippen LogP contribution in [-0.2, 0) is 0 Å². The Balaban J connectivity index is 1.48. The average molecular weight is 302 g/mol. The Bertz CT molecular complexity index is 444. The number of nitrogens with zero attached hydrogens (tertiary/aromatic N) is 2. The summed E-state index contributed by atoms with van der Waals surface area (Å²) in [7, 11) is 0. The molecule has 0 amide bonds. The van der Waals surface area contributed by atoms with Crippen LogP contribution in [0.5, 0.6) is 0 Å². The summed E-state index contributed by atoms with van der Waals surface area (Å²) in [5.74, 6) is 0.939. The van der Waals surface area contributed by atoms with Gasteiger partial charge in [0.1, 0.15) is 0 Å². The maximum absolute atomic E-state index is 10.4. The first kappa shape index (κ1) is 16.0. The fourth-order valence-corrected chi connectivity index (χ4v) is 4.07. The second kappa shape index (κ2) is 7.58. The first-order chi connectivity index (χ1) is 10.7. The van der Waals surface area contributed by atoms with Gasteiger partial charge >= 0.3 is 0 Å². The zero-order valence-corrected chi connectivity index (χ0v) is 13.8. The van der Waals surface area contributed by atoms with Crippen molar-refractivity contribution in [2.75, 3.05) is 32.7 Å². The van der Waals surface area contributed by atoms with Gasteiger partial charge in [-0.3, -0.25) is 4.90 Å². The molecule has 0 unspecified atom stereocenters. The van der Waals surface area contributed by atoms with Gasteiger partial charge in [-0.2, -0.15) is 0 Å². The first-order valence-electron chi connectivity index (χ1n) is 8.92. The zero-order valence-electron chi connectivity index (χ0n) is 13.8. The van der Waals surface area contributed by atoms with Gasteiger partial charge < -0.3 is 10.0 Å². The van der Waals surface area contributed by atoms with Crippen LogP contribution < -0.4 is 0 Å². The quantitative estimate of drug-likeness (QED) is 0.906. The number of benzene rings is 1. The lowest BCUT2D eigenvalue weighted by Crippen LogP contribution is -2.53. The van der Waals surface area contributed by atoms with Crippen LogP contribution in [0.1, 0.15) is 44.3 Å². The minimum absolute atomic E-state index is 0.370. The van der Waals surface area contributed by atoms with Gasteiger partial charge in [0, 0.05) is 38.8 Å². The van der Waals surface area contributed by atoms with Crippen LogP contribution in [0.25, 0.3) is 0 Å². The Kier molecular flexibility index (Phi) is 5.51. The summed E-state index contributed by atoms with van der Waals surface area (Å²) in [6.45, 7) is 7.73. The summed E-state index contributed by atoms with van der Waals surface area (Å²) in [5.41, 5.74) is 1.03. The van der Waals surface area contributed by atoms with Gasteiger partial charge in [-0.1, -0.05) is 43.2 Å². The summed E-state index contributed by atoms with van der Waals surface area (Å²) in [5, 5.41) is 10.4. The molecule has 0 spiro atoms. The van der Waals surface area contributed by atoms with E-state index in [2.05, 4.69) is 16.7 Å². The van der Waals surface area contributed by atoms with Crippen molar-refractivity contribution in [1.82, 2.24) is 9.80 Å². The van der Waals surface area contributed by atoms with Crippen LogP contribution in [0.15, 0.2) is 30.3 Å². The third-order valence-electron chi connectivity index (χ3n) is 5.43. The summed E-state index contributed by atoms with van der Waals surface area (Å²) in [6.07, 6.45) is 5.36. The maximum Gasteiger partial charge on any atom is 0.0917 e. The van der Waals surface area contributed by atoms with Gasteiger partial charge in [0.25, 0.3) is 0 Å². The van der Waals surface area contributed by atoms with Crippen molar-refractivity contribution in [2.24, 2.45) is 5.92 Å². The fraction of sp³-hybridized carbons (Fsp3) is 0.684. The van der Waals surface area contributed by atoms with E-state index in [0.29, 0.717) is 6.04 Å². The lowest BCUT2D eigenvalue weighted by Gasteiger charge is -2.41. The maximum atomic E-state index is 10.4. The minimum atomic E-state index is -0.370. The molecule has 0 bridgehead atoms. The molecule has 2 fully saturated rings. The number of hydrogen-bond donors (Lipinski definition) is 1. The summed E-state index contributed by atoms with van der Waals surface area (Å²) < 4.78 is 0. The SMILES string of the molecule is C[C@@H]1CN(CC2CCCC2)CCN1C[C@@H](O)c1ccccc1. The van der Waals surface area contributed by atoms with E-state index in [1.54, 1.807) is 0 Å². The fourth-order valence-electron chi connectivity index (χ4n) is 4.07. The van der Waals surface area contributed by atoms with Gasteiger partial charge in [-0.05, 0) is 31.2 Å². The van der Waals surface area contributed by atoms with Gasteiger partial charge in [-0.25, -0.2) is 0 Å². The Hall–Kier alpha value is -0.900. The smallest absolute Gasteiger partial charge is 0.0917 e. The van der Waals surface area contributed by atoms with Gasteiger partial charge in [0.15, 0.2) is 0 Å². The Morgan fingerprint density at radius 2 is 1.86 bits per heavy atom. The van der Waals surface area contributed by atoms with E-state index in [4.69, 9.17) is 0 Å². The minimum Gasteiger partial charge on any atom is -0.387 e. The molecule has 1 aromatic carbocycles. The van der Waals surface area contributed by atoms with Crippen LogP contribution >= 0.6 is 0 Å². The van der Waals surface area contributed by atoms with Crippen LogP contribution in [0, 0.1) is 5.92 Å². The molecule has 0 aromatic heterocycles. The lowest BCUT2D eigenvalue weighted by atomic mass is 10.0. The third kappa shape index (κ3) is 4.09. The highest BCUT2D eigenvalue weighted by Crippen LogP contribution is 2.26. The largest absolute Gasteiger partial charge is 0.387 e. The van der Waals surface area contributed by atoms with E-state index in [1.165, 1.54) is 32.2 Å². The van der Waals surface area contributed by atoms with Crippen molar-refractivity contribution < 1.29 is 5.11 Å². The summed E-state index contributed by atoms with van der Waals surface area (Å²) in [6, 6.07) is 10.6. The van der Waals surface area contributed by atoms with E-state index in [9.17, 15) is 5.11 Å². The molecule has 2 aliphatic rings. The normalized spacial score (nSPS) is 26.4. The highest BCUT2D eigenvalue weighted by atomic mass is 16.3. The van der Waals surface area contributed by atoms with Crippen LogP contribution in [-0.4, -0.2) is 53.7 Å². The van der Waals surface area contributed by atoms with Crippen molar-refractivity contribution in [3.8, 4) is 0 Å². The molecule has 1 saturated heterocycles. The molecular weight excluding hydrogens is 272 g/mol. The Morgan fingerprint density at radius 1 is 1.14 bits per heavy atom. The Labute approximate surface area is 134 Å². The molecule has 3 heteroatoms. The summed E-state index contributed by atoms with van der Waals surface area (Å²) in [4.78, 5) is 5.09. The van der Waals surface area contributed by atoms with Gasteiger partial charge in [-0.15, -0.1) is 0 Å². The number of β-amino-alcohol motifs (C(OH)–C–C–N with tert-alkyl or cyclic N) is 1. The molecule has 3 rings (SSSR count). The van der Waals surface area contributed by atoms with E-state index in [0.717, 1.165) is 37.7 Å². The number of rotatable bonds is 5. The molecule has 1 heterocycles. The highest BCUT2D eigenvalue weighted by Gasteiger charge is 2.27. The molecule has 122 valence electrons. The average Bonchev–Trinajstić information content (AvgIpc) is 3.04. The standard InChI is InChI=1S/C19H30N2O/c1-16-13-20(14-17-7-5-6-8-17)11-12-21(16)15-19(22)18-9-3-2-4-10-18/h2-4,9-10,16-17,19,22H,5-8,11-15H2,1H3/t16-,19-/m1/s1. The molecule has 1 saturated carbocycles. The molecule has 1 aromatic rings. The molecular formula is C19H30N2O. The number of aliphatic hydroxyl groups is 1. The van der Waals surface area contributed by atoms with Crippen molar-refractivity contribution >= 4 is 0 Å². The van der Waals surface area contributed by atoms with Gasteiger partial charge in [0.2, 0.25) is 0 Å². The number of aliphatic hydroxyl groups excluding tert-OH is 1. The monoisotopic (exact) mass is 302 g/mol. The molecule has 22 heavy (non-hydrogen) atoms. The molecule has 2 atom stereocenters. The number of piperazine rings is 1. The summed E-state index contributed by atoms with van der Waals surface area (Å²) >= 11 is 0. The predicted molar refractivity (Wildman–Crippen MR) is 90.8 cm³/mol. The van der Waals surface area contributed by atoms with E-state index < -0.39 is 0 Å². The first-order valence-corrected chi connectivity index (χ1v) is 8.92. The molecule has 1 N–H and O–H groups in total. The van der Waals surface area contributed by atoms with Crippen LogP contribution in [0.3, 0.4) is 0 Å². The van der Waals surface area contributed by atoms with Crippen molar-refractivity contribution in [3.05, 3.63) is 35.9 Å². The molecule has 1 aliphatic heterocycles. The van der Waals surface area contributed by atoms with Crippen LogP contribution in [0.4, 0.5) is 0 Å². The van der Waals surface area contributed by atoms with Gasteiger partial charge in [0.05, 0.1) is 6.10 Å². The second-order valence-corrected chi connectivity index (χ2v) is 7.18. The predicted octanol–water partition coefficient (Wildman–Crippen LogP) is 2.92. The van der Waals surface area contributed by atoms with Crippen molar-refractivity contribution in [2.45, 2.75) is 44.8 Å². The molecule has 0 radical (unpaired) electrons. The van der Waals surface area contributed by atoms with E-state index >= 15 is 0 Å². The molecule has 1 aliphatic carbocycles. The third-order valence-corrected chi connectivity index (χ3v) is 5.43. The Morgan fingerprint density at radius 3 is 2.55 bits per heavy atom. The van der Waals surface area contributed by atoms with E-state index in [1.807, 2.05) is 30.3 Å². The lowest BCUT2D eigenvalue weighted by molar-refractivity contribution is 0.0339. The topological polar surface area (TPSA) is 26.7 Å². The molecule has 3 nitrogen and oxygen atoms in total. The number of hydrogen-bond acceptors (Lipinski definition) is 3.